The number of benzene rings is 3. The molecule has 2 heterocycles. The molecule has 2 atom stereocenters. The Morgan fingerprint density at radius 3 is 2.08 bits per heavy atom. The van der Waals surface area contributed by atoms with Gasteiger partial charge in [-0.3, -0.25) is 9.69 Å². The summed E-state index contributed by atoms with van der Waals surface area (Å²) in [5.74, 6) is 0.0681. The summed E-state index contributed by atoms with van der Waals surface area (Å²) in [6.07, 6.45) is 0.893. The maximum atomic E-state index is 13.5. The average Bonchev–Trinajstić information content (AvgIpc) is 3.24. The number of nitrogens with zero attached hydrogens (tertiary/aromatic N) is 1. The number of ether oxygens (including phenoxy) is 2. The van der Waals surface area contributed by atoms with Crippen molar-refractivity contribution in [2.75, 3.05) is 19.8 Å². The van der Waals surface area contributed by atoms with Gasteiger partial charge in [-0.2, -0.15) is 0 Å². The minimum absolute atomic E-state index is 0.0197. The average molecular weight is 510 g/mol. The van der Waals surface area contributed by atoms with Gasteiger partial charge in [0, 0.05) is 17.4 Å². The molecule has 0 aromatic heterocycles. The van der Waals surface area contributed by atoms with E-state index in [-0.39, 0.29) is 41.2 Å². The number of ketones is 1. The Bertz CT molecular complexity index is 1310. The van der Waals surface area contributed by atoms with Crippen molar-refractivity contribution in [2.45, 2.75) is 57.0 Å². The lowest BCUT2D eigenvalue weighted by Crippen LogP contribution is -2.60. The van der Waals surface area contributed by atoms with Crippen LogP contribution in [0.5, 0.6) is 0 Å². The molecule has 38 heavy (non-hydrogen) atoms. The van der Waals surface area contributed by atoms with Crippen LogP contribution >= 0.6 is 0 Å². The van der Waals surface area contributed by atoms with E-state index in [2.05, 4.69) is 63.2 Å². The molecular formula is C33H35NO4. The number of rotatable bonds is 4. The first-order valence-electron chi connectivity index (χ1n) is 13.7. The summed E-state index contributed by atoms with van der Waals surface area (Å²) in [5.41, 5.74) is 6.72. The van der Waals surface area contributed by atoms with Gasteiger partial charge < -0.3 is 9.47 Å². The summed E-state index contributed by atoms with van der Waals surface area (Å²) >= 11 is 0. The van der Waals surface area contributed by atoms with Crippen LogP contribution in [0.3, 0.4) is 0 Å². The lowest BCUT2D eigenvalue weighted by Gasteiger charge is -2.47. The highest BCUT2D eigenvalue weighted by atomic mass is 16.6. The van der Waals surface area contributed by atoms with Crippen LogP contribution in [-0.2, 0) is 14.9 Å². The van der Waals surface area contributed by atoms with Crippen LogP contribution in [0.25, 0.3) is 11.1 Å². The number of piperidine rings is 1. The van der Waals surface area contributed by atoms with Gasteiger partial charge in [-0.05, 0) is 52.1 Å². The van der Waals surface area contributed by atoms with Crippen molar-refractivity contribution in [1.82, 2.24) is 4.90 Å². The van der Waals surface area contributed by atoms with Crippen molar-refractivity contribution in [3.05, 3.63) is 95.1 Å². The molecule has 3 aromatic carbocycles. The van der Waals surface area contributed by atoms with Crippen molar-refractivity contribution in [2.24, 2.45) is 5.92 Å². The molecule has 3 aromatic rings. The summed E-state index contributed by atoms with van der Waals surface area (Å²) in [6, 6.07) is 24.4. The number of fused-ring (bicyclic) bond motifs is 5. The largest absolute Gasteiger partial charge is 0.448 e. The first kappa shape index (κ1) is 24.9. The maximum absolute atomic E-state index is 13.5. The Balaban J connectivity index is 1.16. The zero-order chi connectivity index (χ0) is 26.4. The van der Waals surface area contributed by atoms with Gasteiger partial charge in [0.15, 0.2) is 5.78 Å². The predicted molar refractivity (Wildman–Crippen MR) is 147 cm³/mol. The van der Waals surface area contributed by atoms with Gasteiger partial charge in [0.1, 0.15) is 6.61 Å². The standard InChI is InChI=1S/C33H35NO4/c1-33(2,3)23-10-8-9-21(15-23)31(35)22-16-24-18-37-19-25(17-22)34(24)32(36)38-20-30-28-13-6-4-11-26(28)27-12-5-7-14-29(27)30/h4-15,22,24-25,30H,16-20H2,1-3H3. The van der Waals surface area contributed by atoms with Gasteiger partial charge in [-0.15, -0.1) is 0 Å². The SMILES string of the molecule is CC(C)(C)c1cccc(C(=O)C2CC3COCC(C2)N3C(=O)OCC2c3ccccc3-c3ccccc32)c1. The van der Waals surface area contributed by atoms with Gasteiger partial charge in [0.05, 0.1) is 25.3 Å². The molecule has 196 valence electrons. The fraction of sp³-hybridized carbons (Fsp3) is 0.394. The number of carbonyl (C=O) groups is 2. The molecule has 2 bridgehead atoms. The summed E-state index contributed by atoms with van der Waals surface area (Å²) in [4.78, 5) is 28.9. The van der Waals surface area contributed by atoms with E-state index in [9.17, 15) is 9.59 Å². The van der Waals surface area contributed by atoms with Crippen LogP contribution in [-0.4, -0.2) is 48.7 Å². The third kappa shape index (κ3) is 4.43. The topological polar surface area (TPSA) is 55.8 Å². The Kier molecular flexibility index (Phi) is 6.35. The number of hydrogen-bond acceptors (Lipinski definition) is 4. The van der Waals surface area contributed by atoms with Crippen LogP contribution in [0, 0.1) is 5.92 Å². The molecule has 0 N–H and O–H groups in total. The van der Waals surface area contributed by atoms with E-state index in [1.807, 2.05) is 35.2 Å². The third-order valence-electron chi connectivity index (χ3n) is 8.45. The number of Topliss-reactive ketones (excluding diaryl/α,β-unsaturated/α-hetero) is 1. The summed E-state index contributed by atoms with van der Waals surface area (Å²) in [5, 5.41) is 0. The number of morpholine rings is 1. The Hall–Kier alpha value is -3.44. The Labute approximate surface area is 224 Å². The predicted octanol–water partition coefficient (Wildman–Crippen LogP) is 6.60. The van der Waals surface area contributed by atoms with E-state index in [0.29, 0.717) is 32.7 Å². The van der Waals surface area contributed by atoms with Gasteiger partial charge in [0.2, 0.25) is 0 Å². The molecule has 5 nitrogen and oxygen atoms in total. The molecule has 1 amide bonds. The van der Waals surface area contributed by atoms with Gasteiger partial charge >= 0.3 is 6.09 Å². The van der Waals surface area contributed by atoms with E-state index in [0.717, 1.165) is 11.1 Å². The molecule has 2 fully saturated rings. The number of amides is 1. The summed E-state index contributed by atoms with van der Waals surface area (Å²) in [6.45, 7) is 7.65. The molecule has 0 radical (unpaired) electrons. The molecular weight excluding hydrogens is 474 g/mol. The Morgan fingerprint density at radius 1 is 0.868 bits per heavy atom. The van der Waals surface area contributed by atoms with E-state index >= 15 is 0 Å². The van der Waals surface area contributed by atoms with Gasteiger partial charge in [-0.1, -0.05) is 87.5 Å². The molecule has 0 spiro atoms. The van der Waals surface area contributed by atoms with Crippen LogP contribution in [0.4, 0.5) is 4.79 Å². The quantitative estimate of drug-likeness (QED) is 0.372. The van der Waals surface area contributed by atoms with Crippen LogP contribution in [0.15, 0.2) is 72.8 Å². The van der Waals surface area contributed by atoms with E-state index in [1.165, 1.54) is 22.3 Å². The molecule has 2 saturated heterocycles. The molecule has 2 unspecified atom stereocenters. The number of carbonyl (C=O) groups excluding carboxylic acids is 2. The van der Waals surface area contributed by atoms with E-state index in [4.69, 9.17) is 9.47 Å². The second kappa shape index (κ2) is 9.70. The fourth-order valence-corrected chi connectivity index (χ4v) is 6.47. The molecule has 6 rings (SSSR count). The fourth-order valence-electron chi connectivity index (χ4n) is 6.47. The number of hydrogen-bond donors (Lipinski definition) is 0. The van der Waals surface area contributed by atoms with Crippen molar-refractivity contribution < 1.29 is 19.1 Å². The summed E-state index contributed by atoms with van der Waals surface area (Å²) < 4.78 is 11.8. The van der Waals surface area contributed by atoms with Crippen LogP contribution in [0.2, 0.25) is 0 Å². The van der Waals surface area contributed by atoms with Crippen LogP contribution < -0.4 is 0 Å². The van der Waals surface area contributed by atoms with Crippen molar-refractivity contribution in [3.63, 3.8) is 0 Å². The lowest BCUT2D eigenvalue weighted by atomic mass is 9.79. The highest BCUT2D eigenvalue weighted by molar-refractivity contribution is 5.98. The third-order valence-corrected chi connectivity index (χ3v) is 8.45. The summed E-state index contributed by atoms with van der Waals surface area (Å²) in [7, 11) is 0. The first-order chi connectivity index (χ1) is 18.3. The smallest absolute Gasteiger partial charge is 0.410 e. The zero-order valence-corrected chi connectivity index (χ0v) is 22.4. The minimum atomic E-state index is -0.300. The van der Waals surface area contributed by atoms with E-state index < -0.39 is 0 Å². The minimum Gasteiger partial charge on any atom is -0.448 e. The van der Waals surface area contributed by atoms with Gasteiger partial charge in [0.25, 0.3) is 0 Å². The highest BCUT2D eigenvalue weighted by Crippen LogP contribution is 2.45. The van der Waals surface area contributed by atoms with Crippen LogP contribution in [0.1, 0.15) is 66.6 Å². The van der Waals surface area contributed by atoms with Crippen molar-refractivity contribution >= 4 is 11.9 Å². The lowest BCUT2D eigenvalue weighted by molar-refractivity contribution is -0.0747. The second-order valence-corrected chi connectivity index (χ2v) is 11.9. The maximum Gasteiger partial charge on any atom is 0.410 e. The normalized spacial score (nSPS) is 22.5. The molecule has 0 saturated carbocycles. The molecule has 5 heteroatoms. The highest BCUT2D eigenvalue weighted by Gasteiger charge is 2.45. The zero-order valence-electron chi connectivity index (χ0n) is 22.4. The van der Waals surface area contributed by atoms with E-state index in [1.54, 1.807) is 0 Å². The monoisotopic (exact) mass is 509 g/mol. The molecule has 2 aliphatic heterocycles. The first-order valence-corrected chi connectivity index (χ1v) is 13.7. The van der Waals surface area contributed by atoms with Gasteiger partial charge in [-0.25, -0.2) is 4.79 Å². The van der Waals surface area contributed by atoms with Crippen molar-refractivity contribution in [1.29, 1.82) is 0 Å². The molecule has 1 aliphatic carbocycles. The second-order valence-electron chi connectivity index (χ2n) is 11.9. The Morgan fingerprint density at radius 2 is 1.47 bits per heavy atom. The van der Waals surface area contributed by atoms with Crippen molar-refractivity contribution in [3.8, 4) is 11.1 Å². The molecule has 3 aliphatic rings.